The Hall–Kier alpha value is -3.10. The van der Waals surface area contributed by atoms with Crippen molar-refractivity contribution in [3.05, 3.63) is 64.7 Å². The molecule has 27 heavy (non-hydrogen) atoms. The van der Waals surface area contributed by atoms with E-state index in [9.17, 15) is 9.90 Å². The van der Waals surface area contributed by atoms with E-state index in [4.69, 9.17) is 11.2 Å². The fourth-order valence-electron chi connectivity index (χ4n) is 2.05. The van der Waals surface area contributed by atoms with Crippen LogP contribution in [-0.4, -0.2) is 23.8 Å². The maximum Gasteiger partial charge on any atom is 0.271 e. The van der Waals surface area contributed by atoms with Gasteiger partial charge in [0.05, 0.1) is 12.8 Å². The van der Waals surface area contributed by atoms with Gasteiger partial charge in [-0.25, -0.2) is 5.43 Å². The topological polar surface area (TPSA) is 70.9 Å². The first kappa shape index (κ1) is 21.9. The van der Waals surface area contributed by atoms with Crippen LogP contribution in [0.2, 0.25) is 0 Å². The number of nitrogens with zero attached hydrogens (tertiary/aromatic N) is 1. The Morgan fingerprint density at radius 3 is 2.56 bits per heavy atom. The lowest BCUT2D eigenvalue weighted by atomic mass is 10.1. The Morgan fingerprint density at radius 2 is 1.96 bits per heavy atom. The molecule has 0 aliphatic rings. The van der Waals surface area contributed by atoms with Gasteiger partial charge in [-0.2, -0.15) is 5.10 Å². The number of benzene rings is 2. The third-order valence-electron chi connectivity index (χ3n) is 3.40. The van der Waals surface area contributed by atoms with Gasteiger partial charge < -0.3 is 9.84 Å². The monoisotopic (exact) mass is 366 g/mol. The molecule has 0 aliphatic carbocycles. The van der Waals surface area contributed by atoms with Gasteiger partial charge in [-0.3, -0.25) is 4.79 Å². The molecular weight excluding hydrogens is 340 g/mol. The Morgan fingerprint density at radius 1 is 1.26 bits per heavy atom. The number of nitrogens with one attached hydrogen (secondary N) is 1. The standard InChI is InChI=1S/C20H20N2O3.C2H6/c1-3-11-25-14-16-6-8-17(9-7-16)20(24)22-21-13-18-10-5-15(4-2)12-19(18)23;1-2/h2,5-10,12-13,23H,3,11,14H2,1H3,(H,22,24);1-2H3/b21-13+;. The van der Waals surface area contributed by atoms with Crippen molar-refractivity contribution < 1.29 is 14.6 Å². The second-order valence-corrected chi connectivity index (χ2v) is 5.37. The van der Waals surface area contributed by atoms with Gasteiger partial charge in [0.1, 0.15) is 5.75 Å². The van der Waals surface area contributed by atoms with Gasteiger partial charge in [0, 0.05) is 23.3 Å². The molecule has 2 rings (SSSR count). The summed E-state index contributed by atoms with van der Waals surface area (Å²) in [5.74, 6) is 2.10. The van der Waals surface area contributed by atoms with E-state index in [1.807, 2.05) is 26.0 Å². The van der Waals surface area contributed by atoms with E-state index in [1.165, 1.54) is 12.3 Å². The number of rotatable bonds is 7. The largest absolute Gasteiger partial charge is 0.507 e. The zero-order valence-corrected chi connectivity index (χ0v) is 16.0. The summed E-state index contributed by atoms with van der Waals surface area (Å²) < 4.78 is 5.45. The smallest absolute Gasteiger partial charge is 0.271 e. The molecule has 2 N–H and O–H groups in total. The molecule has 0 heterocycles. The Labute approximate surface area is 161 Å². The zero-order chi connectivity index (χ0) is 20.1. The summed E-state index contributed by atoms with van der Waals surface area (Å²) in [6, 6.07) is 11.9. The summed E-state index contributed by atoms with van der Waals surface area (Å²) in [6.45, 7) is 7.30. The van der Waals surface area contributed by atoms with Gasteiger partial charge >= 0.3 is 0 Å². The Balaban J connectivity index is 0.00000176. The van der Waals surface area contributed by atoms with Crippen molar-refractivity contribution in [1.29, 1.82) is 0 Å². The average Bonchev–Trinajstić information content (AvgIpc) is 2.71. The molecule has 1 amide bonds. The van der Waals surface area contributed by atoms with Crippen LogP contribution < -0.4 is 5.43 Å². The van der Waals surface area contributed by atoms with Gasteiger partial charge in [-0.05, 0) is 42.3 Å². The van der Waals surface area contributed by atoms with Crippen molar-refractivity contribution in [2.24, 2.45) is 5.10 Å². The second kappa shape index (κ2) is 12.3. The van der Waals surface area contributed by atoms with E-state index in [-0.39, 0.29) is 11.7 Å². The van der Waals surface area contributed by atoms with Crippen LogP contribution in [0.25, 0.3) is 0 Å². The van der Waals surface area contributed by atoms with E-state index >= 15 is 0 Å². The highest BCUT2D eigenvalue weighted by Crippen LogP contribution is 2.16. The lowest BCUT2D eigenvalue weighted by Gasteiger charge is -2.04. The van der Waals surface area contributed by atoms with Gasteiger partial charge in [-0.1, -0.05) is 38.8 Å². The molecule has 0 spiro atoms. The first-order chi connectivity index (χ1) is 13.1. The summed E-state index contributed by atoms with van der Waals surface area (Å²) in [7, 11) is 0. The van der Waals surface area contributed by atoms with Crippen molar-refractivity contribution in [3.63, 3.8) is 0 Å². The number of hydrogen-bond donors (Lipinski definition) is 2. The van der Waals surface area contributed by atoms with E-state index in [0.29, 0.717) is 29.9 Å². The van der Waals surface area contributed by atoms with E-state index in [1.54, 1.807) is 24.3 Å². The molecule has 0 fully saturated rings. The van der Waals surface area contributed by atoms with Gasteiger partial charge in [0.15, 0.2) is 0 Å². The van der Waals surface area contributed by atoms with Crippen LogP contribution in [0.5, 0.6) is 5.75 Å². The Bertz CT molecular complexity index is 790. The third-order valence-corrected chi connectivity index (χ3v) is 3.40. The molecule has 0 atom stereocenters. The maximum absolute atomic E-state index is 12.0. The lowest BCUT2D eigenvalue weighted by molar-refractivity contribution is 0.0954. The minimum atomic E-state index is -0.336. The number of carbonyl (C=O) groups excluding carboxylic acids is 1. The molecule has 0 unspecified atom stereocenters. The van der Waals surface area contributed by atoms with Crippen LogP contribution in [0.15, 0.2) is 47.6 Å². The van der Waals surface area contributed by atoms with Crippen LogP contribution in [0.4, 0.5) is 0 Å². The molecule has 0 aliphatic heterocycles. The number of aromatic hydroxyl groups is 1. The number of hydrogen-bond acceptors (Lipinski definition) is 4. The Kier molecular flexibility index (Phi) is 9.98. The van der Waals surface area contributed by atoms with E-state index in [0.717, 1.165) is 12.0 Å². The number of amides is 1. The molecule has 2 aromatic rings. The molecule has 0 bridgehead atoms. The molecule has 0 saturated carbocycles. The molecular formula is C22H26N2O3. The highest BCUT2D eigenvalue weighted by molar-refractivity contribution is 5.95. The first-order valence-electron chi connectivity index (χ1n) is 8.93. The average molecular weight is 366 g/mol. The van der Waals surface area contributed by atoms with Crippen molar-refractivity contribution in [1.82, 2.24) is 5.43 Å². The SMILES string of the molecule is C#Cc1ccc(/C=N/NC(=O)c2ccc(COCCC)cc2)c(O)c1.CC. The quantitative estimate of drug-likeness (QED) is 0.336. The second-order valence-electron chi connectivity index (χ2n) is 5.37. The maximum atomic E-state index is 12.0. The number of ether oxygens (including phenoxy) is 1. The van der Waals surface area contributed by atoms with E-state index in [2.05, 4.69) is 23.4 Å². The minimum absolute atomic E-state index is 0.00452. The number of carbonyl (C=O) groups is 1. The van der Waals surface area contributed by atoms with Gasteiger partial charge in [-0.15, -0.1) is 6.42 Å². The van der Waals surface area contributed by atoms with Gasteiger partial charge in [0.2, 0.25) is 0 Å². The summed E-state index contributed by atoms with van der Waals surface area (Å²) in [6.07, 6.45) is 7.59. The van der Waals surface area contributed by atoms with Crippen molar-refractivity contribution in [2.75, 3.05) is 6.61 Å². The molecule has 142 valence electrons. The van der Waals surface area contributed by atoms with Crippen molar-refractivity contribution >= 4 is 12.1 Å². The molecule has 0 radical (unpaired) electrons. The molecule has 5 nitrogen and oxygen atoms in total. The lowest BCUT2D eigenvalue weighted by Crippen LogP contribution is -2.17. The molecule has 0 saturated heterocycles. The third kappa shape index (κ3) is 7.35. The predicted molar refractivity (Wildman–Crippen MR) is 109 cm³/mol. The molecule has 2 aromatic carbocycles. The van der Waals surface area contributed by atoms with Crippen molar-refractivity contribution in [3.8, 4) is 18.1 Å². The number of terminal acetylenes is 1. The van der Waals surface area contributed by atoms with Crippen LogP contribution in [0.1, 0.15) is 54.2 Å². The highest BCUT2D eigenvalue weighted by Gasteiger charge is 2.04. The first-order valence-corrected chi connectivity index (χ1v) is 8.93. The molecule has 5 heteroatoms. The zero-order valence-electron chi connectivity index (χ0n) is 16.0. The number of phenols is 1. The fourth-order valence-corrected chi connectivity index (χ4v) is 2.05. The summed E-state index contributed by atoms with van der Waals surface area (Å²) in [5.41, 5.74) is 4.95. The van der Waals surface area contributed by atoms with E-state index < -0.39 is 0 Å². The normalized spacial score (nSPS) is 10.0. The van der Waals surface area contributed by atoms with Crippen molar-refractivity contribution in [2.45, 2.75) is 33.8 Å². The summed E-state index contributed by atoms with van der Waals surface area (Å²) >= 11 is 0. The molecule has 0 aromatic heterocycles. The van der Waals surface area contributed by atoms with Crippen LogP contribution in [0, 0.1) is 12.3 Å². The van der Waals surface area contributed by atoms with Crippen LogP contribution >= 0.6 is 0 Å². The minimum Gasteiger partial charge on any atom is -0.507 e. The number of phenolic OH excluding ortho intramolecular Hbond substituents is 1. The van der Waals surface area contributed by atoms with Gasteiger partial charge in [0.25, 0.3) is 5.91 Å². The summed E-state index contributed by atoms with van der Waals surface area (Å²) in [5, 5.41) is 13.7. The predicted octanol–water partition coefficient (Wildman–Crippen LogP) is 4.09. The van der Waals surface area contributed by atoms with Crippen LogP contribution in [0.3, 0.4) is 0 Å². The fraction of sp³-hybridized carbons (Fsp3) is 0.273. The highest BCUT2D eigenvalue weighted by atomic mass is 16.5. The van der Waals surface area contributed by atoms with Crippen LogP contribution in [-0.2, 0) is 11.3 Å². The summed E-state index contributed by atoms with van der Waals surface area (Å²) in [4.78, 5) is 12.0. The number of hydrazone groups is 1.